The van der Waals surface area contributed by atoms with Crippen molar-refractivity contribution in [3.63, 3.8) is 0 Å². The average Bonchev–Trinajstić information content (AvgIpc) is 3.55. The van der Waals surface area contributed by atoms with Crippen LogP contribution in [0.5, 0.6) is 5.75 Å². The summed E-state index contributed by atoms with van der Waals surface area (Å²) in [5.74, 6) is 0.503. The van der Waals surface area contributed by atoms with Gasteiger partial charge in [0.25, 0.3) is 5.91 Å². The number of carbonyl (C=O) groups is 1. The first-order valence-corrected chi connectivity index (χ1v) is 12.5. The van der Waals surface area contributed by atoms with E-state index in [4.69, 9.17) is 9.47 Å². The first kappa shape index (κ1) is 22.3. The lowest BCUT2D eigenvalue weighted by Gasteiger charge is -2.33. The molecule has 4 aliphatic rings. The highest BCUT2D eigenvalue weighted by Gasteiger charge is 2.29. The molecular formula is C27H29F2N3O3. The lowest BCUT2D eigenvalue weighted by Crippen LogP contribution is -2.38. The van der Waals surface area contributed by atoms with Crippen LogP contribution in [0.15, 0.2) is 36.2 Å². The number of benzene rings is 2. The van der Waals surface area contributed by atoms with Gasteiger partial charge in [-0.25, -0.2) is 8.78 Å². The van der Waals surface area contributed by atoms with Gasteiger partial charge in [-0.05, 0) is 55.5 Å². The second-order valence-corrected chi connectivity index (χ2v) is 9.63. The third kappa shape index (κ3) is 4.24. The second kappa shape index (κ2) is 9.15. The second-order valence-electron chi connectivity index (χ2n) is 9.63. The van der Waals surface area contributed by atoms with Gasteiger partial charge in [0.05, 0.1) is 13.2 Å². The molecular weight excluding hydrogens is 452 g/mol. The molecule has 2 aromatic carbocycles. The summed E-state index contributed by atoms with van der Waals surface area (Å²) >= 11 is 0. The van der Waals surface area contributed by atoms with Crippen LogP contribution in [0, 0.1) is 11.6 Å². The number of likely N-dealkylation sites (tertiary alicyclic amines) is 1. The summed E-state index contributed by atoms with van der Waals surface area (Å²) in [4.78, 5) is 19.3. The van der Waals surface area contributed by atoms with Gasteiger partial charge >= 0.3 is 0 Å². The number of rotatable bonds is 4. The molecule has 4 aliphatic heterocycles. The molecule has 2 aromatic rings. The van der Waals surface area contributed by atoms with Crippen molar-refractivity contribution in [3.8, 4) is 5.75 Å². The van der Waals surface area contributed by atoms with Gasteiger partial charge in [-0.2, -0.15) is 0 Å². The highest BCUT2D eigenvalue weighted by Crippen LogP contribution is 2.38. The first-order chi connectivity index (χ1) is 17.1. The number of halogens is 2. The number of fused-ring (bicyclic) bond motifs is 2. The smallest absolute Gasteiger partial charge is 0.253 e. The van der Waals surface area contributed by atoms with Crippen molar-refractivity contribution in [1.82, 2.24) is 9.80 Å². The zero-order valence-electron chi connectivity index (χ0n) is 19.7. The number of morpholine rings is 1. The van der Waals surface area contributed by atoms with Crippen LogP contribution in [-0.2, 0) is 24.1 Å². The monoisotopic (exact) mass is 481 g/mol. The van der Waals surface area contributed by atoms with E-state index >= 15 is 0 Å². The van der Waals surface area contributed by atoms with Gasteiger partial charge in [0.1, 0.15) is 17.4 Å². The molecule has 0 N–H and O–H groups in total. The Morgan fingerprint density at radius 1 is 0.971 bits per heavy atom. The highest BCUT2D eigenvalue weighted by molar-refractivity contribution is 5.95. The largest absolute Gasteiger partial charge is 0.441 e. The fraction of sp³-hybridized carbons (Fsp3) is 0.444. The Morgan fingerprint density at radius 2 is 1.77 bits per heavy atom. The Morgan fingerprint density at radius 3 is 2.57 bits per heavy atom. The molecule has 0 unspecified atom stereocenters. The molecule has 4 heterocycles. The highest BCUT2D eigenvalue weighted by atomic mass is 19.1. The Labute approximate surface area is 203 Å². The van der Waals surface area contributed by atoms with Gasteiger partial charge in [-0.3, -0.25) is 4.79 Å². The number of amides is 1. The molecule has 2 saturated heterocycles. The number of hydrogen-bond acceptors (Lipinski definition) is 5. The van der Waals surface area contributed by atoms with Gasteiger partial charge in [0.15, 0.2) is 5.88 Å². The third-order valence-electron chi connectivity index (χ3n) is 7.38. The van der Waals surface area contributed by atoms with E-state index in [1.807, 2.05) is 21.9 Å². The standard InChI is InChI=1S/C27H29F2N3O3/c28-21-15-23(29)22-5-8-32(24(22)16-21)17-20-14-19(27(33)31-6-1-2-7-31)13-18-3-4-25(35-26(18)20)30-9-11-34-12-10-30/h4,13-16H,1-3,5-12,17H2. The van der Waals surface area contributed by atoms with Crippen LogP contribution in [0.3, 0.4) is 0 Å². The van der Waals surface area contributed by atoms with Crippen LogP contribution in [0.4, 0.5) is 14.5 Å². The molecule has 0 spiro atoms. The Kier molecular flexibility index (Phi) is 5.84. The summed E-state index contributed by atoms with van der Waals surface area (Å²) in [6, 6.07) is 6.21. The molecule has 184 valence electrons. The number of anilines is 1. The summed E-state index contributed by atoms with van der Waals surface area (Å²) in [6.45, 7) is 5.40. The number of ether oxygens (including phenoxy) is 2. The Bertz CT molecular complexity index is 1190. The molecule has 0 radical (unpaired) electrons. The fourth-order valence-corrected chi connectivity index (χ4v) is 5.56. The Hall–Kier alpha value is -3.13. The van der Waals surface area contributed by atoms with Crippen molar-refractivity contribution >= 4 is 11.6 Å². The molecule has 0 atom stereocenters. The molecule has 1 amide bonds. The van der Waals surface area contributed by atoms with E-state index in [9.17, 15) is 13.6 Å². The lowest BCUT2D eigenvalue weighted by atomic mass is 9.98. The predicted molar refractivity (Wildman–Crippen MR) is 127 cm³/mol. The number of nitrogens with zero attached hydrogens (tertiary/aromatic N) is 3. The van der Waals surface area contributed by atoms with Gasteiger partial charge < -0.3 is 24.2 Å². The Balaban J connectivity index is 1.35. The van der Waals surface area contributed by atoms with E-state index in [1.54, 1.807) is 0 Å². The van der Waals surface area contributed by atoms with E-state index in [-0.39, 0.29) is 5.91 Å². The minimum Gasteiger partial charge on any atom is -0.441 e. The maximum absolute atomic E-state index is 14.4. The van der Waals surface area contributed by atoms with Gasteiger partial charge in [-0.15, -0.1) is 0 Å². The SMILES string of the molecule is O=C(c1cc2c(c(CN3CCc4c(F)cc(F)cc43)c1)OC(N1CCOCC1)=CC2)N1CCCC1. The molecule has 2 fully saturated rings. The normalized spacial score (nSPS) is 19.4. The van der Waals surface area contributed by atoms with Crippen LogP contribution in [0.25, 0.3) is 0 Å². The molecule has 35 heavy (non-hydrogen) atoms. The molecule has 0 aromatic heterocycles. The number of carbonyl (C=O) groups excluding carboxylic acids is 1. The van der Waals surface area contributed by atoms with Crippen LogP contribution in [0.1, 0.15) is 39.9 Å². The maximum atomic E-state index is 14.4. The van der Waals surface area contributed by atoms with E-state index in [0.29, 0.717) is 56.0 Å². The number of hydrogen-bond donors (Lipinski definition) is 0. The summed E-state index contributed by atoms with van der Waals surface area (Å²) in [6.07, 6.45) is 5.31. The third-order valence-corrected chi connectivity index (χ3v) is 7.38. The molecule has 6 nitrogen and oxygen atoms in total. The minimum atomic E-state index is -0.582. The van der Waals surface area contributed by atoms with E-state index in [0.717, 1.165) is 67.8 Å². The maximum Gasteiger partial charge on any atom is 0.253 e. The zero-order valence-corrected chi connectivity index (χ0v) is 19.7. The van der Waals surface area contributed by atoms with Crippen molar-refractivity contribution in [3.05, 3.63) is 70.1 Å². The van der Waals surface area contributed by atoms with Crippen molar-refractivity contribution in [1.29, 1.82) is 0 Å². The van der Waals surface area contributed by atoms with Crippen LogP contribution < -0.4 is 9.64 Å². The minimum absolute atomic E-state index is 0.0356. The molecule has 0 saturated carbocycles. The first-order valence-electron chi connectivity index (χ1n) is 12.5. The summed E-state index contributed by atoms with van der Waals surface area (Å²) in [5, 5.41) is 0. The van der Waals surface area contributed by atoms with Crippen molar-refractivity contribution < 1.29 is 23.0 Å². The predicted octanol–water partition coefficient (Wildman–Crippen LogP) is 3.87. The summed E-state index contributed by atoms with van der Waals surface area (Å²) in [5.41, 5.74) is 3.59. The van der Waals surface area contributed by atoms with E-state index in [1.165, 1.54) is 6.07 Å². The average molecular weight is 482 g/mol. The van der Waals surface area contributed by atoms with E-state index < -0.39 is 11.6 Å². The molecule has 6 rings (SSSR count). The molecule has 0 aliphatic carbocycles. The van der Waals surface area contributed by atoms with Gasteiger partial charge in [0, 0.05) is 67.7 Å². The summed E-state index contributed by atoms with van der Waals surface area (Å²) in [7, 11) is 0. The fourth-order valence-electron chi connectivity index (χ4n) is 5.56. The van der Waals surface area contributed by atoms with Crippen molar-refractivity contribution in [2.75, 3.05) is 50.8 Å². The van der Waals surface area contributed by atoms with Crippen molar-refractivity contribution in [2.24, 2.45) is 0 Å². The van der Waals surface area contributed by atoms with Crippen LogP contribution in [0.2, 0.25) is 0 Å². The summed E-state index contributed by atoms with van der Waals surface area (Å²) < 4.78 is 40.3. The van der Waals surface area contributed by atoms with Crippen LogP contribution in [-0.4, -0.2) is 61.6 Å². The topological polar surface area (TPSA) is 45.3 Å². The van der Waals surface area contributed by atoms with Gasteiger partial charge in [-0.1, -0.05) is 0 Å². The van der Waals surface area contributed by atoms with Gasteiger partial charge in [0.2, 0.25) is 0 Å². The molecule has 8 heteroatoms. The zero-order chi connectivity index (χ0) is 23.9. The number of allylic oxidation sites excluding steroid dienone is 1. The molecule has 0 bridgehead atoms. The van der Waals surface area contributed by atoms with E-state index in [2.05, 4.69) is 11.0 Å². The quantitative estimate of drug-likeness (QED) is 0.664. The van der Waals surface area contributed by atoms with Crippen molar-refractivity contribution in [2.45, 2.75) is 32.2 Å². The lowest BCUT2D eigenvalue weighted by molar-refractivity contribution is 0.0338. The van der Waals surface area contributed by atoms with Crippen LogP contribution >= 0.6 is 0 Å².